The summed E-state index contributed by atoms with van der Waals surface area (Å²) < 4.78 is 22.8. The van der Waals surface area contributed by atoms with Crippen LogP contribution in [0.4, 0.5) is 16.0 Å². The Morgan fingerprint density at radius 3 is 2.71 bits per heavy atom. The molecule has 0 saturated carbocycles. The minimum atomic E-state index is -0.285. The highest BCUT2D eigenvalue weighted by Crippen LogP contribution is 2.33. The third-order valence-electron chi connectivity index (χ3n) is 5.82. The second-order valence-corrected chi connectivity index (χ2v) is 8.42. The minimum absolute atomic E-state index is 0.141. The molecular formula is C24H23ClFN7O2. The quantitative estimate of drug-likeness (QED) is 0.381. The number of rotatable bonds is 6. The molecule has 0 amide bonds. The summed E-state index contributed by atoms with van der Waals surface area (Å²) in [5.74, 6) is 1.44. The van der Waals surface area contributed by atoms with E-state index in [-0.39, 0.29) is 11.7 Å². The van der Waals surface area contributed by atoms with Gasteiger partial charge in [-0.25, -0.2) is 14.1 Å². The molecule has 0 fully saturated rings. The highest BCUT2D eigenvalue weighted by atomic mass is 35.5. The van der Waals surface area contributed by atoms with E-state index in [9.17, 15) is 4.39 Å². The fourth-order valence-electron chi connectivity index (χ4n) is 4.20. The van der Waals surface area contributed by atoms with Crippen LogP contribution in [0.3, 0.4) is 0 Å². The second-order valence-electron chi connectivity index (χ2n) is 8.03. The van der Waals surface area contributed by atoms with Crippen LogP contribution in [-0.2, 0) is 11.4 Å². The Hall–Kier alpha value is -3.92. The fourth-order valence-corrected chi connectivity index (χ4v) is 4.34. The first kappa shape index (κ1) is 22.9. The molecule has 9 nitrogen and oxygen atoms in total. The Morgan fingerprint density at radius 1 is 1.17 bits per heavy atom. The molecule has 1 aliphatic rings. The zero-order valence-electron chi connectivity index (χ0n) is 19.2. The van der Waals surface area contributed by atoms with Gasteiger partial charge in [0.2, 0.25) is 5.95 Å². The molecule has 180 valence electrons. The molecule has 5 rings (SSSR count). The molecule has 1 atom stereocenters. The third-order valence-corrected chi connectivity index (χ3v) is 6.02. The van der Waals surface area contributed by atoms with Crippen LogP contribution in [0.5, 0.6) is 5.75 Å². The Morgan fingerprint density at radius 2 is 2.00 bits per heavy atom. The smallest absolute Gasteiger partial charge is 0.246 e. The summed E-state index contributed by atoms with van der Waals surface area (Å²) in [4.78, 5) is 13.9. The molecule has 0 aliphatic carbocycles. The maximum Gasteiger partial charge on any atom is 0.246 e. The Balaban J connectivity index is 1.45. The van der Waals surface area contributed by atoms with Gasteiger partial charge < -0.3 is 19.5 Å². The summed E-state index contributed by atoms with van der Waals surface area (Å²) in [5.41, 5.74) is 3.40. The van der Waals surface area contributed by atoms with Gasteiger partial charge in [-0.15, -0.1) is 5.10 Å². The van der Waals surface area contributed by atoms with Gasteiger partial charge in [0, 0.05) is 43.3 Å². The lowest BCUT2D eigenvalue weighted by Crippen LogP contribution is -2.09. The van der Waals surface area contributed by atoms with Crippen LogP contribution in [0.15, 0.2) is 60.1 Å². The lowest BCUT2D eigenvalue weighted by Gasteiger charge is -2.14. The Labute approximate surface area is 206 Å². The van der Waals surface area contributed by atoms with Gasteiger partial charge in [-0.05, 0) is 29.8 Å². The van der Waals surface area contributed by atoms with Crippen LogP contribution in [0.2, 0.25) is 5.15 Å². The van der Waals surface area contributed by atoms with Crippen LogP contribution in [-0.4, -0.2) is 44.2 Å². The molecule has 2 aromatic heterocycles. The average molecular weight is 496 g/mol. The number of halogens is 2. The number of hydrogen-bond donors (Lipinski definition) is 1. The van der Waals surface area contributed by atoms with E-state index in [0.717, 1.165) is 28.5 Å². The first-order valence-electron chi connectivity index (χ1n) is 11.0. The Bertz CT molecular complexity index is 1370. The first-order chi connectivity index (χ1) is 17.0. The standard InChI is InChI=1S/C24H23ClFN7O2/c1-34-21-12-17(7-8-20(21)32-13-22(25)27-14-32)28-24-29-23-19(15-3-5-16(26)6-4-15)11-18(31-35-2)9-10-33(23)30-24/h3-8,12-14,19H,9-11H2,1-2H3,(H,28,30)/b31-18+. The van der Waals surface area contributed by atoms with Crippen LogP contribution in [0.25, 0.3) is 5.69 Å². The third kappa shape index (κ3) is 4.83. The number of methoxy groups -OCH3 is 1. The van der Waals surface area contributed by atoms with Gasteiger partial charge in [-0.2, -0.15) is 4.98 Å². The summed E-state index contributed by atoms with van der Waals surface area (Å²) >= 11 is 5.96. The van der Waals surface area contributed by atoms with E-state index < -0.39 is 0 Å². The zero-order chi connectivity index (χ0) is 24.4. The second kappa shape index (κ2) is 9.75. The average Bonchev–Trinajstić information content (AvgIpc) is 3.43. The van der Waals surface area contributed by atoms with Gasteiger partial charge in [0.1, 0.15) is 36.0 Å². The van der Waals surface area contributed by atoms with E-state index in [2.05, 4.69) is 20.6 Å². The monoisotopic (exact) mass is 495 g/mol. The molecule has 0 saturated heterocycles. The molecule has 35 heavy (non-hydrogen) atoms. The molecule has 2 aromatic carbocycles. The largest absolute Gasteiger partial charge is 0.494 e. The van der Waals surface area contributed by atoms with Gasteiger partial charge in [-0.3, -0.25) is 0 Å². The summed E-state index contributed by atoms with van der Waals surface area (Å²) in [7, 11) is 3.13. The number of nitrogens with one attached hydrogen (secondary N) is 1. The molecule has 0 bridgehead atoms. The highest BCUT2D eigenvalue weighted by molar-refractivity contribution is 6.29. The van der Waals surface area contributed by atoms with Crippen molar-refractivity contribution in [3.05, 3.63) is 77.3 Å². The van der Waals surface area contributed by atoms with Crippen molar-refractivity contribution in [2.24, 2.45) is 5.16 Å². The molecule has 0 spiro atoms. The number of hydrogen-bond acceptors (Lipinski definition) is 7. The van der Waals surface area contributed by atoms with Crippen molar-refractivity contribution >= 4 is 28.9 Å². The van der Waals surface area contributed by atoms with E-state index in [1.54, 1.807) is 36.3 Å². The SMILES string of the molecule is CO/N=C1\CCn2nc(Nc3ccc(-n4cnc(Cl)c4)c(OC)c3)nc2C(c2ccc(F)cc2)C1. The molecule has 3 heterocycles. The summed E-state index contributed by atoms with van der Waals surface area (Å²) in [6, 6.07) is 12.1. The lowest BCUT2D eigenvalue weighted by atomic mass is 9.93. The van der Waals surface area contributed by atoms with Gasteiger partial charge in [0.15, 0.2) is 0 Å². The van der Waals surface area contributed by atoms with Crippen molar-refractivity contribution in [3.63, 3.8) is 0 Å². The number of fused-ring (bicyclic) bond motifs is 1. The maximum atomic E-state index is 13.6. The van der Waals surface area contributed by atoms with E-state index in [4.69, 9.17) is 26.2 Å². The number of imidazole rings is 1. The van der Waals surface area contributed by atoms with Gasteiger partial charge in [-0.1, -0.05) is 28.9 Å². The van der Waals surface area contributed by atoms with Crippen molar-refractivity contribution in [2.45, 2.75) is 25.3 Å². The van der Waals surface area contributed by atoms with E-state index in [0.29, 0.717) is 36.2 Å². The number of aryl methyl sites for hydroxylation is 1. The van der Waals surface area contributed by atoms with Crippen molar-refractivity contribution in [1.82, 2.24) is 24.3 Å². The minimum Gasteiger partial charge on any atom is -0.494 e. The van der Waals surface area contributed by atoms with Gasteiger partial charge in [0.05, 0.1) is 18.5 Å². The maximum absolute atomic E-state index is 13.6. The van der Waals surface area contributed by atoms with E-state index >= 15 is 0 Å². The van der Waals surface area contributed by atoms with Crippen LogP contribution in [0.1, 0.15) is 30.1 Å². The Kier molecular flexibility index (Phi) is 6.37. The van der Waals surface area contributed by atoms with Crippen LogP contribution in [0, 0.1) is 5.82 Å². The molecular weight excluding hydrogens is 473 g/mol. The number of oxime groups is 1. The fraction of sp³-hybridized carbons (Fsp3) is 0.250. The van der Waals surface area contributed by atoms with Gasteiger partial charge >= 0.3 is 0 Å². The molecule has 0 radical (unpaired) electrons. The van der Waals surface area contributed by atoms with Crippen molar-refractivity contribution in [3.8, 4) is 11.4 Å². The predicted molar refractivity (Wildman–Crippen MR) is 130 cm³/mol. The van der Waals surface area contributed by atoms with Crippen molar-refractivity contribution in [2.75, 3.05) is 19.5 Å². The number of aromatic nitrogens is 5. The number of benzene rings is 2. The number of anilines is 2. The van der Waals surface area contributed by atoms with Crippen LogP contribution < -0.4 is 10.1 Å². The first-order valence-corrected chi connectivity index (χ1v) is 11.4. The summed E-state index contributed by atoms with van der Waals surface area (Å²) in [6.45, 7) is 0.605. The van der Waals surface area contributed by atoms with E-state index in [1.165, 1.54) is 19.2 Å². The molecule has 1 aliphatic heterocycles. The topological polar surface area (TPSA) is 91.4 Å². The normalized spacial score (nSPS) is 16.6. The molecule has 4 aromatic rings. The highest BCUT2D eigenvalue weighted by Gasteiger charge is 2.28. The number of ether oxygens (including phenoxy) is 1. The van der Waals surface area contributed by atoms with E-state index in [1.807, 2.05) is 22.9 Å². The summed E-state index contributed by atoms with van der Waals surface area (Å²) in [6.07, 6.45) is 4.61. The van der Waals surface area contributed by atoms with Gasteiger partial charge in [0.25, 0.3) is 0 Å². The van der Waals surface area contributed by atoms with Crippen LogP contribution >= 0.6 is 11.6 Å². The van der Waals surface area contributed by atoms with Crippen molar-refractivity contribution in [1.29, 1.82) is 0 Å². The summed E-state index contributed by atoms with van der Waals surface area (Å²) in [5, 5.41) is 12.5. The predicted octanol–water partition coefficient (Wildman–Crippen LogP) is 4.94. The lowest BCUT2D eigenvalue weighted by molar-refractivity contribution is 0.211. The number of nitrogens with zero attached hydrogens (tertiary/aromatic N) is 6. The molecule has 11 heteroatoms. The molecule has 1 N–H and O–H groups in total. The zero-order valence-corrected chi connectivity index (χ0v) is 19.9. The van der Waals surface area contributed by atoms with Crippen molar-refractivity contribution < 1.29 is 14.0 Å². The molecule has 1 unspecified atom stereocenters.